The quantitative estimate of drug-likeness (QED) is 0.902. The fourth-order valence-corrected chi connectivity index (χ4v) is 3.17. The van der Waals surface area contributed by atoms with Crippen molar-refractivity contribution in [2.45, 2.75) is 12.8 Å². The number of primary amides is 1. The number of likely N-dealkylation sites (tertiary alicyclic amines) is 1. The zero-order valence-corrected chi connectivity index (χ0v) is 12.2. The molecule has 1 aliphatic heterocycles. The number of aromatic nitrogens is 2. The molecule has 1 aliphatic rings. The number of nitrogens with two attached hydrogens (primary N) is 1. The number of rotatable bonds is 3. The maximum atomic E-state index is 12.4. The highest BCUT2D eigenvalue weighted by Crippen LogP contribution is 2.32. The van der Waals surface area contributed by atoms with Gasteiger partial charge in [0.25, 0.3) is 5.91 Å². The summed E-state index contributed by atoms with van der Waals surface area (Å²) in [6.45, 7) is 2.33. The summed E-state index contributed by atoms with van der Waals surface area (Å²) in [6.07, 6.45) is 0. The SMILES string of the molecule is Cc1noc([C@@H]2CN(C(=O)c3ccsc3)C[C@H]2C(N)=O)n1. The molecule has 21 heavy (non-hydrogen) atoms. The molecule has 110 valence electrons. The van der Waals surface area contributed by atoms with Gasteiger partial charge in [-0.05, 0) is 18.4 Å². The van der Waals surface area contributed by atoms with Gasteiger partial charge in [-0.3, -0.25) is 9.59 Å². The molecule has 1 saturated heterocycles. The molecule has 8 heteroatoms. The number of aryl methyl sites for hydroxylation is 1. The monoisotopic (exact) mass is 306 g/mol. The summed E-state index contributed by atoms with van der Waals surface area (Å²) in [5, 5.41) is 7.36. The van der Waals surface area contributed by atoms with Crippen LogP contribution in [0.3, 0.4) is 0 Å². The van der Waals surface area contributed by atoms with Crippen LogP contribution in [0.15, 0.2) is 21.3 Å². The van der Waals surface area contributed by atoms with Gasteiger partial charge in [-0.2, -0.15) is 16.3 Å². The van der Waals surface area contributed by atoms with Crippen molar-refractivity contribution < 1.29 is 14.1 Å². The van der Waals surface area contributed by atoms with Crippen LogP contribution in [0.25, 0.3) is 0 Å². The van der Waals surface area contributed by atoms with Crippen LogP contribution in [0.4, 0.5) is 0 Å². The molecular formula is C13H14N4O3S. The molecule has 2 amide bonds. The zero-order chi connectivity index (χ0) is 15.0. The highest BCUT2D eigenvalue weighted by atomic mass is 32.1. The third-order valence-electron chi connectivity index (χ3n) is 3.60. The molecule has 7 nitrogen and oxygen atoms in total. The second kappa shape index (κ2) is 5.28. The lowest BCUT2D eigenvalue weighted by atomic mass is 9.95. The second-order valence-electron chi connectivity index (χ2n) is 5.02. The Bertz CT molecular complexity index is 667. The molecule has 0 unspecified atom stereocenters. The largest absolute Gasteiger partial charge is 0.369 e. The molecule has 2 N–H and O–H groups in total. The van der Waals surface area contributed by atoms with E-state index in [1.807, 2.05) is 5.38 Å². The van der Waals surface area contributed by atoms with Crippen molar-refractivity contribution in [3.8, 4) is 0 Å². The third-order valence-corrected chi connectivity index (χ3v) is 4.28. The van der Waals surface area contributed by atoms with E-state index in [2.05, 4.69) is 10.1 Å². The Kier molecular flexibility index (Phi) is 3.46. The number of amides is 2. The van der Waals surface area contributed by atoms with Crippen LogP contribution in [0.5, 0.6) is 0 Å². The lowest BCUT2D eigenvalue weighted by molar-refractivity contribution is -0.121. The molecule has 3 heterocycles. The van der Waals surface area contributed by atoms with Crippen molar-refractivity contribution in [3.63, 3.8) is 0 Å². The summed E-state index contributed by atoms with van der Waals surface area (Å²) in [7, 11) is 0. The first-order valence-corrected chi connectivity index (χ1v) is 7.41. The minimum Gasteiger partial charge on any atom is -0.369 e. The molecule has 2 atom stereocenters. The molecule has 1 fully saturated rings. The van der Waals surface area contributed by atoms with Gasteiger partial charge in [0.1, 0.15) is 0 Å². The van der Waals surface area contributed by atoms with E-state index in [1.165, 1.54) is 11.3 Å². The summed E-state index contributed by atoms with van der Waals surface area (Å²) in [5.74, 6) is -0.566. The second-order valence-corrected chi connectivity index (χ2v) is 5.80. The van der Waals surface area contributed by atoms with Crippen LogP contribution < -0.4 is 5.73 Å². The van der Waals surface area contributed by atoms with Crippen LogP contribution >= 0.6 is 11.3 Å². The minimum absolute atomic E-state index is 0.110. The molecule has 0 bridgehead atoms. The first-order valence-electron chi connectivity index (χ1n) is 6.47. The lowest BCUT2D eigenvalue weighted by Crippen LogP contribution is -2.31. The van der Waals surface area contributed by atoms with E-state index >= 15 is 0 Å². The fourth-order valence-electron chi connectivity index (χ4n) is 2.54. The van der Waals surface area contributed by atoms with E-state index in [-0.39, 0.29) is 18.4 Å². The Morgan fingerprint density at radius 3 is 2.86 bits per heavy atom. The van der Waals surface area contributed by atoms with Crippen molar-refractivity contribution >= 4 is 23.2 Å². The Hall–Kier alpha value is -2.22. The Balaban J connectivity index is 1.84. The topological polar surface area (TPSA) is 102 Å². The van der Waals surface area contributed by atoms with Crippen molar-refractivity contribution in [1.29, 1.82) is 0 Å². The number of nitrogens with zero attached hydrogens (tertiary/aromatic N) is 3. The Morgan fingerprint density at radius 1 is 1.48 bits per heavy atom. The van der Waals surface area contributed by atoms with Gasteiger partial charge in [0.05, 0.1) is 17.4 Å². The van der Waals surface area contributed by atoms with Crippen molar-refractivity contribution in [3.05, 3.63) is 34.1 Å². The standard InChI is InChI=1S/C13H14N4O3S/c1-7-15-12(20-16-7)10-5-17(4-9(10)11(14)18)13(19)8-2-3-21-6-8/h2-3,6,9-10H,4-5H2,1H3,(H2,14,18)/t9-,10-/m1/s1. The molecule has 3 rings (SSSR count). The molecule has 0 aliphatic carbocycles. The predicted molar refractivity (Wildman–Crippen MR) is 74.7 cm³/mol. The van der Waals surface area contributed by atoms with Crippen molar-refractivity contribution in [1.82, 2.24) is 15.0 Å². The van der Waals surface area contributed by atoms with E-state index in [0.717, 1.165) is 0 Å². The number of hydrogen-bond acceptors (Lipinski definition) is 6. The number of hydrogen-bond donors (Lipinski definition) is 1. The summed E-state index contributed by atoms with van der Waals surface area (Å²) >= 11 is 1.45. The summed E-state index contributed by atoms with van der Waals surface area (Å²) in [4.78, 5) is 29.8. The molecule has 2 aromatic heterocycles. The minimum atomic E-state index is -0.507. The summed E-state index contributed by atoms with van der Waals surface area (Å²) in [5.41, 5.74) is 6.06. The fraction of sp³-hybridized carbons (Fsp3) is 0.385. The predicted octanol–water partition coefficient (Wildman–Crippen LogP) is 0.781. The van der Waals surface area contributed by atoms with Crippen LogP contribution in [-0.4, -0.2) is 39.9 Å². The first-order chi connectivity index (χ1) is 10.1. The zero-order valence-electron chi connectivity index (χ0n) is 11.4. The van der Waals surface area contributed by atoms with Gasteiger partial charge in [0.2, 0.25) is 11.8 Å². The maximum Gasteiger partial charge on any atom is 0.254 e. The summed E-state index contributed by atoms with van der Waals surface area (Å²) < 4.78 is 5.14. The van der Waals surface area contributed by atoms with Crippen LogP contribution in [-0.2, 0) is 4.79 Å². The smallest absolute Gasteiger partial charge is 0.254 e. The van der Waals surface area contributed by atoms with Crippen molar-refractivity contribution in [2.75, 3.05) is 13.1 Å². The average molecular weight is 306 g/mol. The van der Waals surface area contributed by atoms with Crippen LogP contribution in [0.1, 0.15) is 28.0 Å². The maximum absolute atomic E-state index is 12.4. The van der Waals surface area contributed by atoms with Gasteiger partial charge in [0, 0.05) is 18.5 Å². The molecule has 2 aromatic rings. The highest BCUT2D eigenvalue weighted by molar-refractivity contribution is 7.08. The van der Waals surface area contributed by atoms with Gasteiger partial charge in [-0.1, -0.05) is 5.16 Å². The van der Waals surface area contributed by atoms with Gasteiger partial charge in [0.15, 0.2) is 5.82 Å². The van der Waals surface area contributed by atoms with Gasteiger partial charge in [-0.25, -0.2) is 0 Å². The van der Waals surface area contributed by atoms with E-state index < -0.39 is 11.8 Å². The first kappa shape index (κ1) is 13.7. The number of thiophene rings is 1. The Morgan fingerprint density at radius 2 is 2.29 bits per heavy atom. The number of carbonyl (C=O) groups is 2. The molecule has 0 aromatic carbocycles. The number of carbonyl (C=O) groups excluding carboxylic acids is 2. The van der Waals surface area contributed by atoms with Gasteiger partial charge >= 0.3 is 0 Å². The van der Waals surface area contributed by atoms with Crippen LogP contribution in [0.2, 0.25) is 0 Å². The molecular weight excluding hydrogens is 292 g/mol. The Labute approximate surface area is 124 Å². The average Bonchev–Trinajstić information content (AvgIpc) is 3.17. The van der Waals surface area contributed by atoms with E-state index in [1.54, 1.807) is 23.3 Å². The molecule has 0 spiro atoms. The van der Waals surface area contributed by atoms with E-state index in [9.17, 15) is 9.59 Å². The normalized spacial score (nSPS) is 21.7. The highest BCUT2D eigenvalue weighted by Gasteiger charge is 2.42. The van der Waals surface area contributed by atoms with E-state index in [4.69, 9.17) is 10.3 Å². The molecule has 0 radical (unpaired) electrons. The molecule has 0 saturated carbocycles. The third kappa shape index (κ3) is 2.54. The lowest BCUT2D eigenvalue weighted by Gasteiger charge is -2.14. The van der Waals surface area contributed by atoms with Gasteiger partial charge < -0.3 is 15.2 Å². The van der Waals surface area contributed by atoms with E-state index in [0.29, 0.717) is 23.8 Å². The van der Waals surface area contributed by atoms with Crippen molar-refractivity contribution in [2.24, 2.45) is 11.7 Å². The van der Waals surface area contributed by atoms with Crippen LogP contribution in [0, 0.1) is 12.8 Å². The summed E-state index contributed by atoms with van der Waals surface area (Å²) in [6, 6.07) is 1.76. The van der Waals surface area contributed by atoms with Gasteiger partial charge in [-0.15, -0.1) is 0 Å².